The van der Waals surface area contributed by atoms with Crippen LogP contribution in [0.2, 0.25) is 5.02 Å². The molecular formula is C20H24ClN3O. The van der Waals surface area contributed by atoms with E-state index >= 15 is 0 Å². The number of amides is 1. The molecule has 1 amide bonds. The van der Waals surface area contributed by atoms with E-state index in [9.17, 15) is 4.79 Å². The molecule has 1 saturated heterocycles. The van der Waals surface area contributed by atoms with Gasteiger partial charge in [-0.05, 0) is 37.6 Å². The van der Waals surface area contributed by atoms with Crippen molar-refractivity contribution in [2.75, 3.05) is 19.6 Å². The molecule has 0 saturated carbocycles. The number of carbonyl (C=O) groups excluding carboxylic acids is 1. The van der Waals surface area contributed by atoms with E-state index in [1.54, 1.807) is 12.3 Å². The van der Waals surface area contributed by atoms with Gasteiger partial charge in [-0.15, -0.1) is 0 Å². The molecule has 2 heterocycles. The van der Waals surface area contributed by atoms with Crippen LogP contribution < -0.4 is 5.32 Å². The van der Waals surface area contributed by atoms with Gasteiger partial charge in [0.2, 0.25) is 0 Å². The summed E-state index contributed by atoms with van der Waals surface area (Å²) in [6.45, 7) is 2.73. The van der Waals surface area contributed by atoms with Crippen molar-refractivity contribution in [3.8, 4) is 0 Å². The van der Waals surface area contributed by atoms with E-state index in [2.05, 4.69) is 39.5 Å². The number of hydrogen-bond donors (Lipinski definition) is 1. The van der Waals surface area contributed by atoms with E-state index in [1.807, 2.05) is 6.07 Å². The van der Waals surface area contributed by atoms with Crippen LogP contribution in [0.4, 0.5) is 0 Å². The van der Waals surface area contributed by atoms with Gasteiger partial charge in [-0.1, -0.05) is 54.8 Å². The first-order chi connectivity index (χ1) is 12.2. The summed E-state index contributed by atoms with van der Waals surface area (Å²) in [5.41, 5.74) is 1.74. The molecule has 3 rings (SSSR count). The van der Waals surface area contributed by atoms with Crippen molar-refractivity contribution in [2.24, 2.45) is 0 Å². The lowest BCUT2D eigenvalue weighted by molar-refractivity contribution is 0.0933. The number of pyridine rings is 1. The molecular weight excluding hydrogens is 334 g/mol. The number of likely N-dealkylation sites (tertiary alicyclic amines) is 1. The summed E-state index contributed by atoms with van der Waals surface area (Å²) in [5.74, 6) is -0.134. The smallest absolute Gasteiger partial charge is 0.252 e. The van der Waals surface area contributed by atoms with Gasteiger partial charge in [0, 0.05) is 18.9 Å². The van der Waals surface area contributed by atoms with Crippen LogP contribution >= 0.6 is 11.6 Å². The highest BCUT2D eigenvalue weighted by Crippen LogP contribution is 2.24. The largest absolute Gasteiger partial charge is 0.350 e. The number of nitrogens with one attached hydrogen (secondary N) is 1. The van der Waals surface area contributed by atoms with Crippen LogP contribution in [-0.2, 0) is 0 Å². The number of hydrogen-bond acceptors (Lipinski definition) is 3. The van der Waals surface area contributed by atoms with E-state index in [0.717, 1.165) is 13.1 Å². The molecule has 0 bridgehead atoms. The van der Waals surface area contributed by atoms with Crippen LogP contribution in [0, 0.1) is 0 Å². The van der Waals surface area contributed by atoms with Gasteiger partial charge in [0.1, 0.15) is 0 Å². The first kappa shape index (κ1) is 17.9. The number of nitrogens with zero attached hydrogens (tertiary/aromatic N) is 2. The van der Waals surface area contributed by atoms with Crippen molar-refractivity contribution >= 4 is 17.5 Å². The second kappa shape index (κ2) is 8.97. The predicted octanol–water partition coefficient (Wildman–Crippen LogP) is 4.08. The Morgan fingerprint density at radius 1 is 1.12 bits per heavy atom. The van der Waals surface area contributed by atoms with Crippen LogP contribution in [0.3, 0.4) is 0 Å². The normalized spacial score (nSPS) is 16.8. The van der Waals surface area contributed by atoms with Crippen LogP contribution in [0.25, 0.3) is 0 Å². The summed E-state index contributed by atoms with van der Waals surface area (Å²) >= 11 is 5.94. The standard InChI is InChI=1S/C20H24ClN3O/c21-18-12-17(13-22-14-18)20(25)23-15-19(16-8-4-3-5-9-16)24-10-6-1-2-7-11-24/h3-5,8-9,12-14,19H,1-2,6-7,10-11,15H2,(H,23,25). The fourth-order valence-electron chi connectivity index (χ4n) is 3.37. The second-order valence-corrected chi connectivity index (χ2v) is 6.91. The Morgan fingerprint density at radius 3 is 2.52 bits per heavy atom. The van der Waals surface area contributed by atoms with Crippen LogP contribution in [-0.4, -0.2) is 35.4 Å². The molecule has 1 aromatic heterocycles. The lowest BCUT2D eigenvalue weighted by atomic mass is 10.0. The van der Waals surface area contributed by atoms with Gasteiger partial charge in [-0.2, -0.15) is 0 Å². The Bertz CT molecular complexity index is 684. The fourth-order valence-corrected chi connectivity index (χ4v) is 3.54. The lowest BCUT2D eigenvalue weighted by Gasteiger charge is -2.31. The molecule has 1 N–H and O–H groups in total. The Labute approximate surface area is 154 Å². The molecule has 4 nitrogen and oxygen atoms in total. The van der Waals surface area contributed by atoms with E-state index in [4.69, 9.17) is 11.6 Å². The molecule has 132 valence electrons. The molecule has 2 aromatic rings. The summed E-state index contributed by atoms with van der Waals surface area (Å²) in [4.78, 5) is 18.9. The number of halogens is 1. The minimum atomic E-state index is -0.134. The van der Waals surface area contributed by atoms with Gasteiger partial charge >= 0.3 is 0 Å². The number of aromatic nitrogens is 1. The minimum Gasteiger partial charge on any atom is -0.350 e. The topological polar surface area (TPSA) is 45.2 Å². The summed E-state index contributed by atoms with van der Waals surface area (Å²) in [7, 11) is 0. The van der Waals surface area contributed by atoms with E-state index < -0.39 is 0 Å². The third-order valence-electron chi connectivity index (χ3n) is 4.69. The summed E-state index contributed by atoms with van der Waals surface area (Å²) in [6, 6.07) is 12.3. The van der Waals surface area contributed by atoms with Gasteiger partial charge < -0.3 is 5.32 Å². The number of carbonyl (C=O) groups is 1. The van der Waals surface area contributed by atoms with Crippen LogP contribution in [0.1, 0.15) is 47.6 Å². The van der Waals surface area contributed by atoms with Crippen molar-refractivity contribution in [3.05, 3.63) is 64.9 Å². The zero-order chi connectivity index (χ0) is 17.5. The van der Waals surface area contributed by atoms with Gasteiger partial charge in [0.25, 0.3) is 5.91 Å². The maximum absolute atomic E-state index is 12.5. The highest BCUT2D eigenvalue weighted by molar-refractivity contribution is 6.30. The summed E-state index contributed by atoms with van der Waals surface area (Å²) in [6.07, 6.45) is 8.09. The molecule has 25 heavy (non-hydrogen) atoms. The first-order valence-corrected chi connectivity index (χ1v) is 9.29. The van der Waals surface area contributed by atoms with Crippen molar-refractivity contribution in [2.45, 2.75) is 31.7 Å². The Kier molecular flexibility index (Phi) is 6.42. The average molecular weight is 358 g/mol. The van der Waals surface area contributed by atoms with E-state index in [-0.39, 0.29) is 11.9 Å². The monoisotopic (exact) mass is 357 g/mol. The molecule has 1 aliphatic heterocycles. The first-order valence-electron chi connectivity index (χ1n) is 8.92. The quantitative estimate of drug-likeness (QED) is 0.876. The van der Waals surface area contributed by atoms with Gasteiger partial charge in [0.15, 0.2) is 0 Å². The predicted molar refractivity (Wildman–Crippen MR) is 101 cm³/mol. The number of rotatable bonds is 5. The van der Waals surface area contributed by atoms with Gasteiger partial charge in [-0.25, -0.2) is 0 Å². The third kappa shape index (κ3) is 5.03. The Morgan fingerprint density at radius 2 is 1.84 bits per heavy atom. The molecule has 0 spiro atoms. The molecule has 1 aliphatic rings. The summed E-state index contributed by atoms with van der Waals surface area (Å²) in [5, 5.41) is 3.54. The van der Waals surface area contributed by atoms with Gasteiger partial charge in [0.05, 0.1) is 16.6 Å². The second-order valence-electron chi connectivity index (χ2n) is 6.48. The van der Waals surface area contributed by atoms with E-state index in [1.165, 1.54) is 37.4 Å². The van der Waals surface area contributed by atoms with Crippen LogP contribution in [0.5, 0.6) is 0 Å². The molecule has 1 fully saturated rings. The SMILES string of the molecule is O=C(NCC(c1ccccc1)N1CCCCCC1)c1cncc(Cl)c1. The van der Waals surface area contributed by atoms with Crippen molar-refractivity contribution in [1.82, 2.24) is 15.2 Å². The third-order valence-corrected chi connectivity index (χ3v) is 4.90. The molecule has 5 heteroatoms. The molecule has 1 aromatic carbocycles. The highest BCUT2D eigenvalue weighted by atomic mass is 35.5. The summed E-state index contributed by atoms with van der Waals surface area (Å²) < 4.78 is 0. The van der Waals surface area contributed by atoms with Crippen LogP contribution in [0.15, 0.2) is 48.8 Å². The Hall–Kier alpha value is -1.91. The maximum atomic E-state index is 12.5. The molecule has 1 atom stereocenters. The van der Waals surface area contributed by atoms with E-state index in [0.29, 0.717) is 17.1 Å². The molecule has 0 radical (unpaired) electrons. The fraction of sp³-hybridized carbons (Fsp3) is 0.400. The van der Waals surface area contributed by atoms with Crippen molar-refractivity contribution in [3.63, 3.8) is 0 Å². The van der Waals surface area contributed by atoms with Gasteiger partial charge in [-0.3, -0.25) is 14.7 Å². The minimum absolute atomic E-state index is 0.134. The van der Waals surface area contributed by atoms with Crippen molar-refractivity contribution < 1.29 is 4.79 Å². The lowest BCUT2D eigenvalue weighted by Crippen LogP contribution is -2.38. The highest BCUT2D eigenvalue weighted by Gasteiger charge is 2.22. The molecule has 0 aliphatic carbocycles. The maximum Gasteiger partial charge on any atom is 0.252 e. The average Bonchev–Trinajstić information content (AvgIpc) is 2.92. The zero-order valence-electron chi connectivity index (χ0n) is 14.3. The number of benzene rings is 1. The Balaban J connectivity index is 1.72. The zero-order valence-corrected chi connectivity index (χ0v) is 15.1. The van der Waals surface area contributed by atoms with Crippen molar-refractivity contribution in [1.29, 1.82) is 0 Å². The molecule has 1 unspecified atom stereocenters.